The van der Waals surface area contributed by atoms with Crippen LogP contribution in [0.1, 0.15) is 19.4 Å². The molecule has 0 aliphatic carbocycles. The molecule has 1 atom stereocenters. The Kier molecular flexibility index (Phi) is 5.44. The fourth-order valence-corrected chi connectivity index (χ4v) is 1.45. The lowest BCUT2D eigenvalue weighted by atomic mass is 10.1. The van der Waals surface area contributed by atoms with Crippen molar-refractivity contribution < 1.29 is 9.13 Å². The van der Waals surface area contributed by atoms with Gasteiger partial charge in [0, 0.05) is 6.54 Å². The Bertz CT molecular complexity index is 401. The normalized spacial score (nSPS) is 11.9. The molecule has 1 rings (SSSR count). The van der Waals surface area contributed by atoms with E-state index in [9.17, 15) is 4.39 Å². The van der Waals surface area contributed by atoms with Gasteiger partial charge in [0.1, 0.15) is 0 Å². The van der Waals surface area contributed by atoms with E-state index in [1.54, 1.807) is 13.0 Å². The molecule has 0 aromatic heterocycles. The predicted octanol–water partition coefficient (Wildman–Crippen LogP) is 2.27. The molecule has 1 aromatic carbocycles. The highest BCUT2D eigenvalue weighted by Gasteiger charge is 2.04. The van der Waals surface area contributed by atoms with Crippen molar-refractivity contribution in [2.24, 2.45) is 0 Å². The van der Waals surface area contributed by atoms with Crippen molar-refractivity contribution in [1.29, 1.82) is 5.26 Å². The number of benzene rings is 1. The van der Waals surface area contributed by atoms with Gasteiger partial charge in [0.05, 0.1) is 18.7 Å². The van der Waals surface area contributed by atoms with Crippen molar-refractivity contribution in [2.75, 3.05) is 13.2 Å². The van der Waals surface area contributed by atoms with Crippen LogP contribution in [0.25, 0.3) is 0 Å². The highest BCUT2D eigenvalue weighted by atomic mass is 19.1. The number of hydrogen-bond donors (Lipinski definition) is 1. The molecule has 92 valence electrons. The topological polar surface area (TPSA) is 45.0 Å². The molecule has 1 aromatic rings. The molecule has 0 spiro atoms. The van der Waals surface area contributed by atoms with Crippen molar-refractivity contribution in [3.63, 3.8) is 0 Å². The highest BCUT2D eigenvalue weighted by Crippen LogP contribution is 2.18. The number of nitriles is 1. The molecule has 0 bridgehead atoms. The van der Waals surface area contributed by atoms with Crippen LogP contribution in [-0.4, -0.2) is 19.2 Å². The SMILES string of the molecule is CCOc1ccc(CCNC(C)C#N)cc1F. The summed E-state index contributed by atoms with van der Waals surface area (Å²) in [6.07, 6.45) is 0.690. The predicted molar refractivity (Wildman–Crippen MR) is 64.4 cm³/mol. The summed E-state index contributed by atoms with van der Waals surface area (Å²) < 4.78 is 18.6. The monoisotopic (exact) mass is 236 g/mol. The van der Waals surface area contributed by atoms with E-state index in [1.165, 1.54) is 6.07 Å². The van der Waals surface area contributed by atoms with E-state index in [1.807, 2.05) is 13.0 Å². The number of nitrogens with one attached hydrogen (secondary N) is 1. The number of rotatable bonds is 6. The summed E-state index contributed by atoms with van der Waals surface area (Å²) in [4.78, 5) is 0. The third-order valence-electron chi connectivity index (χ3n) is 2.35. The standard InChI is InChI=1S/C13H17FN2O/c1-3-17-13-5-4-11(8-12(13)14)6-7-16-10(2)9-15/h4-5,8,10,16H,3,6-7H2,1-2H3. The van der Waals surface area contributed by atoms with Crippen molar-refractivity contribution in [3.8, 4) is 11.8 Å². The van der Waals surface area contributed by atoms with Gasteiger partial charge >= 0.3 is 0 Å². The molecule has 0 saturated carbocycles. The maximum Gasteiger partial charge on any atom is 0.165 e. The molecule has 17 heavy (non-hydrogen) atoms. The number of nitrogens with zero attached hydrogens (tertiary/aromatic N) is 1. The van der Waals surface area contributed by atoms with Gasteiger partial charge in [-0.15, -0.1) is 0 Å². The second kappa shape index (κ2) is 6.87. The summed E-state index contributed by atoms with van der Waals surface area (Å²) in [5.41, 5.74) is 0.892. The van der Waals surface area contributed by atoms with E-state index in [2.05, 4.69) is 11.4 Å². The van der Waals surface area contributed by atoms with Gasteiger partial charge in [-0.25, -0.2) is 4.39 Å². The van der Waals surface area contributed by atoms with Crippen LogP contribution in [0.2, 0.25) is 0 Å². The second-order valence-corrected chi connectivity index (χ2v) is 3.75. The lowest BCUT2D eigenvalue weighted by Crippen LogP contribution is -2.26. The average molecular weight is 236 g/mol. The van der Waals surface area contributed by atoms with Crippen LogP contribution in [0, 0.1) is 17.1 Å². The third kappa shape index (κ3) is 4.41. The maximum absolute atomic E-state index is 13.5. The first-order chi connectivity index (χ1) is 8.17. The van der Waals surface area contributed by atoms with Gasteiger partial charge in [0.25, 0.3) is 0 Å². The first kappa shape index (κ1) is 13.5. The minimum absolute atomic E-state index is 0.178. The molecule has 4 heteroatoms. The van der Waals surface area contributed by atoms with E-state index >= 15 is 0 Å². The molecular formula is C13H17FN2O. The Morgan fingerprint density at radius 3 is 2.88 bits per heavy atom. The summed E-state index contributed by atoms with van der Waals surface area (Å²) in [6.45, 7) is 4.72. The average Bonchev–Trinajstić information content (AvgIpc) is 2.32. The minimum atomic E-state index is -0.335. The Balaban J connectivity index is 2.50. The molecule has 0 amide bonds. The van der Waals surface area contributed by atoms with E-state index in [-0.39, 0.29) is 17.6 Å². The largest absolute Gasteiger partial charge is 0.491 e. The van der Waals surface area contributed by atoms with E-state index in [0.717, 1.165) is 5.56 Å². The molecule has 0 aliphatic heterocycles. The highest BCUT2D eigenvalue weighted by molar-refractivity contribution is 5.29. The molecule has 1 unspecified atom stereocenters. The van der Waals surface area contributed by atoms with Crippen LogP contribution < -0.4 is 10.1 Å². The third-order valence-corrected chi connectivity index (χ3v) is 2.35. The summed E-state index contributed by atoms with van der Waals surface area (Å²) >= 11 is 0. The van der Waals surface area contributed by atoms with Gasteiger partial charge in [-0.2, -0.15) is 5.26 Å². The summed E-state index contributed by atoms with van der Waals surface area (Å²) in [7, 11) is 0. The molecule has 0 fully saturated rings. The Hall–Kier alpha value is -1.60. The van der Waals surface area contributed by atoms with Crippen LogP contribution >= 0.6 is 0 Å². The Morgan fingerprint density at radius 1 is 1.53 bits per heavy atom. The van der Waals surface area contributed by atoms with Crippen molar-refractivity contribution in [2.45, 2.75) is 26.3 Å². The molecule has 1 N–H and O–H groups in total. The van der Waals surface area contributed by atoms with Crippen LogP contribution in [-0.2, 0) is 6.42 Å². The zero-order chi connectivity index (χ0) is 12.7. The van der Waals surface area contributed by atoms with Gasteiger partial charge in [-0.05, 0) is 38.0 Å². The molecule has 0 aliphatic rings. The quantitative estimate of drug-likeness (QED) is 0.824. The zero-order valence-corrected chi connectivity index (χ0v) is 10.2. The first-order valence-corrected chi connectivity index (χ1v) is 5.71. The van der Waals surface area contributed by atoms with E-state index < -0.39 is 0 Å². The minimum Gasteiger partial charge on any atom is -0.491 e. The second-order valence-electron chi connectivity index (χ2n) is 3.75. The smallest absolute Gasteiger partial charge is 0.165 e. The van der Waals surface area contributed by atoms with Crippen LogP contribution in [0.15, 0.2) is 18.2 Å². The first-order valence-electron chi connectivity index (χ1n) is 5.71. The lowest BCUT2D eigenvalue weighted by Gasteiger charge is -2.08. The molecule has 3 nitrogen and oxygen atoms in total. The Morgan fingerprint density at radius 2 is 2.29 bits per heavy atom. The van der Waals surface area contributed by atoms with Crippen molar-refractivity contribution in [1.82, 2.24) is 5.32 Å². The van der Waals surface area contributed by atoms with E-state index in [4.69, 9.17) is 10.00 Å². The molecule has 0 saturated heterocycles. The maximum atomic E-state index is 13.5. The van der Waals surface area contributed by atoms with Gasteiger partial charge in [0.15, 0.2) is 11.6 Å². The summed E-state index contributed by atoms with van der Waals surface area (Å²) in [6, 6.07) is 6.86. The fraction of sp³-hybridized carbons (Fsp3) is 0.462. The summed E-state index contributed by atoms with van der Waals surface area (Å²) in [5, 5.41) is 11.6. The fourth-order valence-electron chi connectivity index (χ4n) is 1.45. The van der Waals surface area contributed by atoms with Crippen LogP contribution in [0.5, 0.6) is 5.75 Å². The number of hydrogen-bond acceptors (Lipinski definition) is 3. The summed E-state index contributed by atoms with van der Waals surface area (Å²) in [5.74, 6) is -0.0488. The van der Waals surface area contributed by atoms with Crippen molar-refractivity contribution >= 4 is 0 Å². The van der Waals surface area contributed by atoms with Gasteiger partial charge in [-0.1, -0.05) is 6.07 Å². The molecule has 0 heterocycles. The van der Waals surface area contributed by atoms with Crippen LogP contribution in [0.3, 0.4) is 0 Å². The zero-order valence-electron chi connectivity index (χ0n) is 10.2. The van der Waals surface area contributed by atoms with E-state index in [0.29, 0.717) is 19.6 Å². The molecule has 0 radical (unpaired) electrons. The van der Waals surface area contributed by atoms with Crippen LogP contribution in [0.4, 0.5) is 4.39 Å². The molecular weight excluding hydrogens is 219 g/mol. The van der Waals surface area contributed by atoms with Gasteiger partial charge < -0.3 is 10.1 Å². The van der Waals surface area contributed by atoms with Gasteiger partial charge in [-0.3, -0.25) is 0 Å². The van der Waals surface area contributed by atoms with Gasteiger partial charge in [0.2, 0.25) is 0 Å². The number of halogens is 1. The Labute approximate surface area is 101 Å². The van der Waals surface area contributed by atoms with Crippen molar-refractivity contribution in [3.05, 3.63) is 29.6 Å². The lowest BCUT2D eigenvalue weighted by molar-refractivity contribution is 0.321. The number of ether oxygens (including phenoxy) is 1.